The molecule has 4 aromatic rings. The molecule has 0 radical (unpaired) electrons. The zero-order chi connectivity index (χ0) is 28.8. The molecule has 0 bridgehead atoms. The van der Waals surface area contributed by atoms with Crippen molar-refractivity contribution in [3.05, 3.63) is 90.2 Å². The molecule has 1 saturated heterocycles. The highest BCUT2D eigenvalue weighted by atomic mass is 16.5. The predicted molar refractivity (Wildman–Crippen MR) is 162 cm³/mol. The van der Waals surface area contributed by atoms with E-state index in [-0.39, 0.29) is 6.04 Å². The first-order chi connectivity index (χ1) is 20.4. The van der Waals surface area contributed by atoms with Crippen LogP contribution in [0.3, 0.4) is 0 Å². The maximum absolute atomic E-state index is 13.4. The largest absolute Gasteiger partial charge is 0.489 e. The summed E-state index contributed by atoms with van der Waals surface area (Å²) in [6, 6.07) is 17.3. The number of carbonyl (C=O) groups is 2. The molecule has 0 spiro atoms. The number of hydrogen-bond acceptors (Lipinski definition) is 8. The highest BCUT2D eigenvalue weighted by molar-refractivity contribution is 6.47. The van der Waals surface area contributed by atoms with Crippen LogP contribution in [0.15, 0.2) is 78.8 Å². The van der Waals surface area contributed by atoms with E-state index in [9.17, 15) is 9.59 Å². The monoisotopic (exact) mass is 561 g/mol. The maximum atomic E-state index is 13.4. The van der Waals surface area contributed by atoms with E-state index in [4.69, 9.17) is 4.74 Å². The first kappa shape index (κ1) is 25.8. The number of ether oxygens (including phenoxy) is 1. The Labute approximate surface area is 243 Å². The molecule has 2 aromatic carbocycles. The van der Waals surface area contributed by atoms with Crippen molar-refractivity contribution in [2.24, 2.45) is 7.05 Å². The molecular weight excluding hydrogens is 530 g/mol. The van der Waals surface area contributed by atoms with Gasteiger partial charge in [-0.2, -0.15) is 0 Å². The summed E-state index contributed by atoms with van der Waals surface area (Å²) in [5.74, 6) is 0.119. The number of hydrogen-bond donors (Lipinski definition) is 2. The molecular formula is C32H31N7O3. The molecule has 2 aliphatic heterocycles. The molecule has 42 heavy (non-hydrogen) atoms. The van der Waals surface area contributed by atoms with Crippen LogP contribution in [0.1, 0.15) is 22.6 Å². The maximum Gasteiger partial charge on any atom is 0.298 e. The topological polar surface area (TPSA) is 105 Å². The van der Waals surface area contributed by atoms with Crippen LogP contribution in [0, 0.1) is 6.92 Å². The second-order valence-corrected chi connectivity index (χ2v) is 10.9. The molecule has 1 aliphatic carbocycles. The fourth-order valence-electron chi connectivity index (χ4n) is 5.65. The van der Waals surface area contributed by atoms with Gasteiger partial charge in [-0.3, -0.25) is 9.59 Å². The average molecular weight is 562 g/mol. The molecule has 10 nitrogen and oxygen atoms in total. The number of allylic oxidation sites excluding steroid dienone is 2. The minimum absolute atomic E-state index is 0.142. The summed E-state index contributed by atoms with van der Waals surface area (Å²) in [7, 11) is 1.80. The van der Waals surface area contributed by atoms with E-state index in [1.807, 2.05) is 67.8 Å². The van der Waals surface area contributed by atoms with E-state index in [1.165, 1.54) is 5.70 Å². The van der Waals surface area contributed by atoms with Crippen LogP contribution in [-0.2, 0) is 11.8 Å². The van der Waals surface area contributed by atoms with E-state index in [1.54, 1.807) is 17.7 Å². The number of Topliss-reactive ketones (excluding diaryl/α,β-unsaturated/α-hetero) is 1. The predicted octanol–water partition coefficient (Wildman–Crippen LogP) is 4.40. The molecule has 10 heteroatoms. The fraction of sp³-hybridized carbons (Fsp3) is 0.250. The summed E-state index contributed by atoms with van der Waals surface area (Å²) < 4.78 is 7.91. The van der Waals surface area contributed by atoms with Gasteiger partial charge >= 0.3 is 0 Å². The van der Waals surface area contributed by atoms with E-state index in [0.717, 1.165) is 54.3 Å². The van der Waals surface area contributed by atoms with Crippen molar-refractivity contribution in [2.45, 2.75) is 19.4 Å². The first-order valence-electron chi connectivity index (χ1n) is 14.1. The van der Waals surface area contributed by atoms with Crippen LogP contribution in [0.4, 0.5) is 23.0 Å². The van der Waals surface area contributed by atoms with Gasteiger partial charge in [-0.15, -0.1) is 0 Å². The number of anilines is 4. The fourth-order valence-corrected chi connectivity index (χ4v) is 5.65. The number of nitrogens with zero attached hydrogens (tertiary/aromatic N) is 5. The summed E-state index contributed by atoms with van der Waals surface area (Å²) in [6.45, 7) is 4.72. The molecule has 212 valence electrons. The minimum atomic E-state index is -0.689. The van der Waals surface area contributed by atoms with Crippen molar-refractivity contribution in [1.29, 1.82) is 0 Å². The second-order valence-electron chi connectivity index (χ2n) is 10.9. The lowest BCUT2D eigenvalue weighted by atomic mass is 10.0. The molecule has 1 unspecified atom stereocenters. The third-order valence-corrected chi connectivity index (χ3v) is 8.05. The number of aryl methyl sites for hydroxylation is 1. The van der Waals surface area contributed by atoms with Crippen LogP contribution in [0.25, 0.3) is 11.1 Å². The van der Waals surface area contributed by atoms with Crippen molar-refractivity contribution in [2.75, 3.05) is 46.7 Å². The lowest BCUT2D eigenvalue weighted by molar-refractivity contribution is -0.112. The van der Waals surface area contributed by atoms with Crippen molar-refractivity contribution in [1.82, 2.24) is 14.5 Å². The first-order valence-corrected chi connectivity index (χ1v) is 14.1. The number of piperazine rings is 1. The Kier molecular flexibility index (Phi) is 6.38. The molecule has 2 aromatic heterocycles. The lowest BCUT2D eigenvalue weighted by Gasteiger charge is -2.45. The number of ketones is 1. The van der Waals surface area contributed by atoms with Crippen molar-refractivity contribution in [3.63, 3.8) is 0 Å². The molecule has 2 N–H and O–H groups in total. The number of rotatable bonds is 7. The Morgan fingerprint density at radius 2 is 1.79 bits per heavy atom. The van der Waals surface area contributed by atoms with Gasteiger partial charge in [0.2, 0.25) is 5.95 Å². The molecule has 1 amide bonds. The number of amides is 1. The Hall–Kier alpha value is -5.12. The average Bonchev–Trinajstić information content (AvgIpc) is 3.79. The summed E-state index contributed by atoms with van der Waals surface area (Å²) in [6.07, 6.45) is 6.77. The van der Waals surface area contributed by atoms with Gasteiger partial charge in [0, 0.05) is 61.8 Å². The van der Waals surface area contributed by atoms with E-state index < -0.39 is 11.7 Å². The third-order valence-electron chi connectivity index (χ3n) is 8.05. The molecule has 4 heterocycles. The smallest absolute Gasteiger partial charge is 0.298 e. The number of aromatic nitrogens is 3. The second kappa shape index (κ2) is 10.4. The number of fused-ring (bicyclic) bond motifs is 3. The minimum Gasteiger partial charge on any atom is -0.489 e. The zero-order valence-corrected chi connectivity index (χ0v) is 23.5. The number of benzene rings is 2. The van der Waals surface area contributed by atoms with Gasteiger partial charge in [-0.1, -0.05) is 36.4 Å². The van der Waals surface area contributed by atoms with Crippen molar-refractivity contribution < 1.29 is 14.3 Å². The number of carbonyl (C=O) groups excluding carboxylic acids is 2. The van der Waals surface area contributed by atoms with Gasteiger partial charge in [-0.25, -0.2) is 9.97 Å². The summed E-state index contributed by atoms with van der Waals surface area (Å²) in [5.41, 5.74) is 6.48. The third kappa shape index (κ3) is 4.85. The highest BCUT2D eigenvalue weighted by Gasteiger charge is 2.34. The molecule has 0 saturated carbocycles. The molecule has 1 fully saturated rings. The molecule has 3 aliphatic rings. The van der Waals surface area contributed by atoms with Gasteiger partial charge in [0.05, 0.1) is 29.8 Å². The Bertz CT molecular complexity index is 1710. The van der Waals surface area contributed by atoms with Gasteiger partial charge in [0.25, 0.3) is 11.7 Å². The normalized spacial score (nSPS) is 17.0. The standard InChI is InChI=1S/C32H31N7O3/c1-20-14-26(21-6-4-3-5-7-21)29(37(20)2)30(40)31(41)36-23-10-11-27-28(15-23)42-19-25-18-38(12-13-39(25)27)32-33-16-24(17-34-32)35-22-8-9-22/h3-8,10-11,14-17,25,35H,9,12-13,18-19H2,1-2H3,(H,36,41). The number of nitrogens with one attached hydrogen (secondary N) is 2. The SMILES string of the molecule is Cc1cc(-c2ccccc2)c(C(=O)C(=O)Nc2ccc3c(c2)OCC2CN(c4ncc(NC5=CC5)cn4)CCN32)n1C. The zero-order valence-electron chi connectivity index (χ0n) is 23.5. The van der Waals surface area contributed by atoms with Crippen LogP contribution < -0.4 is 25.2 Å². The van der Waals surface area contributed by atoms with Crippen LogP contribution >= 0.6 is 0 Å². The van der Waals surface area contributed by atoms with Crippen LogP contribution in [-0.4, -0.2) is 58.5 Å². The van der Waals surface area contributed by atoms with Crippen LogP contribution in [0.5, 0.6) is 5.75 Å². The summed E-state index contributed by atoms with van der Waals surface area (Å²) in [5, 5.41) is 6.08. The van der Waals surface area contributed by atoms with Gasteiger partial charge in [0.1, 0.15) is 18.1 Å². The Morgan fingerprint density at radius 1 is 1.00 bits per heavy atom. The molecule has 7 rings (SSSR count). The van der Waals surface area contributed by atoms with E-state index in [2.05, 4.69) is 36.5 Å². The summed E-state index contributed by atoms with van der Waals surface area (Å²) >= 11 is 0. The summed E-state index contributed by atoms with van der Waals surface area (Å²) in [4.78, 5) is 40.2. The lowest BCUT2D eigenvalue weighted by Crippen LogP contribution is -2.57. The Balaban J connectivity index is 1.03. The van der Waals surface area contributed by atoms with Gasteiger partial charge in [-0.05, 0) is 30.7 Å². The highest BCUT2D eigenvalue weighted by Crippen LogP contribution is 2.38. The van der Waals surface area contributed by atoms with Crippen molar-refractivity contribution in [3.8, 4) is 16.9 Å². The van der Waals surface area contributed by atoms with Gasteiger partial charge < -0.3 is 29.7 Å². The van der Waals surface area contributed by atoms with Crippen molar-refractivity contribution >= 4 is 34.7 Å². The molecule has 1 atom stereocenters. The van der Waals surface area contributed by atoms with Gasteiger partial charge in [0.15, 0.2) is 0 Å². The van der Waals surface area contributed by atoms with Crippen LogP contribution in [0.2, 0.25) is 0 Å². The Morgan fingerprint density at radius 3 is 2.55 bits per heavy atom. The quantitative estimate of drug-likeness (QED) is 0.253. The van der Waals surface area contributed by atoms with E-state index >= 15 is 0 Å². The van der Waals surface area contributed by atoms with E-state index in [0.29, 0.717) is 29.7 Å².